The van der Waals surface area contributed by atoms with Gasteiger partial charge < -0.3 is 25.0 Å². The number of hydrogen-bond acceptors (Lipinski definition) is 4. The fourth-order valence-electron chi connectivity index (χ4n) is 2.45. The molecule has 0 aliphatic heterocycles. The lowest BCUT2D eigenvalue weighted by atomic mass is 10.2. The minimum Gasteiger partial charge on any atom is -0.492 e. The Morgan fingerprint density at radius 2 is 1.82 bits per heavy atom. The Bertz CT molecular complexity index is 747. The van der Waals surface area contributed by atoms with E-state index < -0.39 is 0 Å². The molecule has 0 atom stereocenters. The highest BCUT2D eigenvalue weighted by Crippen LogP contribution is 2.14. The number of carbonyl (C=O) groups is 1. The van der Waals surface area contributed by atoms with Crippen LogP contribution >= 0.6 is 0 Å². The zero-order valence-corrected chi connectivity index (χ0v) is 17.2. The van der Waals surface area contributed by atoms with Crippen LogP contribution in [0.15, 0.2) is 48.5 Å². The number of anilines is 1. The van der Waals surface area contributed by atoms with Crippen molar-refractivity contribution in [3.05, 3.63) is 59.7 Å². The topological polar surface area (TPSA) is 62.8 Å². The number of rotatable bonds is 10. The molecule has 0 aliphatic carbocycles. The lowest BCUT2D eigenvalue weighted by Gasteiger charge is -2.12. The summed E-state index contributed by atoms with van der Waals surface area (Å²) in [6, 6.07) is 15.2. The summed E-state index contributed by atoms with van der Waals surface area (Å²) in [5.74, 6) is 0.805. The summed E-state index contributed by atoms with van der Waals surface area (Å²) >= 11 is 0. The SMILES string of the molecule is CC(C)OCc1cccc(NC(=O)NCc2cccc(OCCN(C)C)c2)c1. The highest BCUT2D eigenvalue weighted by molar-refractivity contribution is 5.89. The van der Waals surface area contributed by atoms with E-state index in [2.05, 4.69) is 15.5 Å². The Labute approximate surface area is 167 Å². The Morgan fingerprint density at radius 3 is 2.57 bits per heavy atom. The van der Waals surface area contributed by atoms with Gasteiger partial charge in [-0.25, -0.2) is 4.79 Å². The first kappa shape index (κ1) is 21.7. The van der Waals surface area contributed by atoms with Crippen molar-refractivity contribution in [2.24, 2.45) is 0 Å². The van der Waals surface area contributed by atoms with Gasteiger partial charge in [0.15, 0.2) is 0 Å². The summed E-state index contributed by atoms with van der Waals surface area (Å²) in [7, 11) is 4.02. The number of likely N-dealkylation sites (N-methyl/N-ethyl adjacent to an activating group) is 1. The number of benzene rings is 2. The van der Waals surface area contributed by atoms with E-state index in [9.17, 15) is 4.79 Å². The molecule has 0 bridgehead atoms. The van der Waals surface area contributed by atoms with Gasteiger partial charge in [-0.3, -0.25) is 0 Å². The average Bonchev–Trinajstić information content (AvgIpc) is 2.65. The third-order valence-corrected chi connectivity index (χ3v) is 3.93. The van der Waals surface area contributed by atoms with Crippen molar-refractivity contribution in [3.8, 4) is 5.75 Å². The Kier molecular flexibility index (Phi) is 8.78. The van der Waals surface area contributed by atoms with E-state index in [0.29, 0.717) is 19.8 Å². The van der Waals surface area contributed by atoms with Crippen LogP contribution < -0.4 is 15.4 Å². The highest BCUT2D eigenvalue weighted by Gasteiger charge is 2.04. The minimum atomic E-state index is -0.249. The molecule has 2 N–H and O–H groups in total. The fourth-order valence-corrected chi connectivity index (χ4v) is 2.45. The van der Waals surface area contributed by atoms with Crippen molar-refractivity contribution in [3.63, 3.8) is 0 Å². The average molecular weight is 386 g/mol. The van der Waals surface area contributed by atoms with Gasteiger partial charge in [0.2, 0.25) is 0 Å². The van der Waals surface area contributed by atoms with Crippen LogP contribution in [0, 0.1) is 0 Å². The number of hydrogen-bond donors (Lipinski definition) is 2. The predicted molar refractivity (Wildman–Crippen MR) is 113 cm³/mol. The number of carbonyl (C=O) groups excluding carboxylic acids is 1. The monoisotopic (exact) mass is 385 g/mol. The van der Waals surface area contributed by atoms with Crippen LogP contribution in [0.4, 0.5) is 10.5 Å². The first-order valence-electron chi connectivity index (χ1n) is 9.54. The molecule has 2 rings (SSSR count). The molecule has 0 spiro atoms. The van der Waals surface area contributed by atoms with Gasteiger partial charge in [0.25, 0.3) is 0 Å². The second-order valence-corrected chi connectivity index (χ2v) is 7.17. The second-order valence-electron chi connectivity index (χ2n) is 7.17. The molecule has 0 aromatic heterocycles. The molecule has 2 amide bonds. The van der Waals surface area contributed by atoms with Crippen LogP contribution in [-0.2, 0) is 17.9 Å². The Morgan fingerprint density at radius 1 is 1.07 bits per heavy atom. The number of nitrogens with one attached hydrogen (secondary N) is 2. The van der Waals surface area contributed by atoms with Crippen LogP contribution in [0.2, 0.25) is 0 Å². The largest absolute Gasteiger partial charge is 0.492 e. The fraction of sp³-hybridized carbons (Fsp3) is 0.409. The molecule has 0 radical (unpaired) electrons. The molecule has 0 unspecified atom stereocenters. The van der Waals surface area contributed by atoms with Crippen LogP contribution in [0.3, 0.4) is 0 Å². The van der Waals surface area contributed by atoms with Gasteiger partial charge in [-0.2, -0.15) is 0 Å². The first-order valence-corrected chi connectivity index (χ1v) is 9.54. The van der Waals surface area contributed by atoms with Gasteiger partial charge in [-0.1, -0.05) is 24.3 Å². The quantitative estimate of drug-likeness (QED) is 0.652. The molecule has 0 fully saturated rings. The minimum absolute atomic E-state index is 0.169. The van der Waals surface area contributed by atoms with E-state index >= 15 is 0 Å². The summed E-state index contributed by atoms with van der Waals surface area (Å²) in [5, 5.41) is 5.73. The first-order chi connectivity index (χ1) is 13.4. The van der Waals surface area contributed by atoms with Gasteiger partial charge in [0.1, 0.15) is 12.4 Å². The predicted octanol–water partition coefficient (Wildman–Crippen LogP) is 3.87. The molecule has 2 aromatic carbocycles. The molecular formula is C22H31N3O3. The molecule has 6 heteroatoms. The zero-order chi connectivity index (χ0) is 20.4. The van der Waals surface area contributed by atoms with Gasteiger partial charge >= 0.3 is 6.03 Å². The second kappa shape index (κ2) is 11.3. The maximum Gasteiger partial charge on any atom is 0.319 e. The van der Waals surface area contributed by atoms with E-state index in [4.69, 9.17) is 9.47 Å². The van der Waals surface area contributed by atoms with Crippen molar-refractivity contribution >= 4 is 11.7 Å². The lowest BCUT2D eigenvalue weighted by Crippen LogP contribution is -2.28. The van der Waals surface area contributed by atoms with Crippen molar-refractivity contribution in [2.45, 2.75) is 33.1 Å². The van der Waals surface area contributed by atoms with Gasteiger partial charge in [0.05, 0.1) is 12.7 Å². The summed E-state index contributed by atoms with van der Waals surface area (Å²) in [6.45, 7) is 6.42. The van der Waals surface area contributed by atoms with Crippen LogP contribution in [-0.4, -0.2) is 44.3 Å². The Balaban J connectivity index is 1.81. The van der Waals surface area contributed by atoms with Gasteiger partial charge in [0, 0.05) is 18.8 Å². The molecular weight excluding hydrogens is 354 g/mol. The molecule has 152 valence electrons. The van der Waals surface area contributed by atoms with Crippen molar-refractivity contribution < 1.29 is 14.3 Å². The summed E-state index contributed by atoms with van der Waals surface area (Å²) in [4.78, 5) is 14.3. The molecule has 2 aromatic rings. The molecule has 28 heavy (non-hydrogen) atoms. The summed E-state index contributed by atoms with van der Waals surface area (Å²) in [6.07, 6.45) is 0.169. The third-order valence-electron chi connectivity index (χ3n) is 3.93. The maximum atomic E-state index is 12.2. The van der Waals surface area contributed by atoms with Crippen LogP contribution in [0.1, 0.15) is 25.0 Å². The van der Waals surface area contributed by atoms with E-state index in [1.165, 1.54) is 0 Å². The normalized spacial score (nSPS) is 10.9. The van der Waals surface area contributed by atoms with Crippen LogP contribution in [0.5, 0.6) is 5.75 Å². The molecule has 6 nitrogen and oxygen atoms in total. The number of nitrogens with zero attached hydrogens (tertiary/aromatic N) is 1. The zero-order valence-electron chi connectivity index (χ0n) is 17.2. The Hall–Kier alpha value is -2.57. The van der Waals surface area contributed by atoms with Gasteiger partial charge in [-0.15, -0.1) is 0 Å². The summed E-state index contributed by atoms with van der Waals surface area (Å²) < 4.78 is 11.3. The lowest BCUT2D eigenvalue weighted by molar-refractivity contribution is 0.0657. The number of urea groups is 1. The van der Waals surface area contributed by atoms with E-state index in [1.54, 1.807) is 0 Å². The molecule has 0 heterocycles. The summed E-state index contributed by atoms with van der Waals surface area (Å²) in [5.41, 5.74) is 2.74. The molecule has 0 saturated carbocycles. The number of amides is 2. The van der Waals surface area contributed by atoms with E-state index in [1.807, 2.05) is 76.5 Å². The molecule has 0 aliphatic rings. The van der Waals surface area contributed by atoms with Crippen molar-refractivity contribution in [2.75, 3.05) is 32.6 Å². The van der Waals surface area contributed by atoms with Gasteiger partial charge in [-0.05, 0) is 63.3 Å². The smallest absolute Gasteiger partial charge is 0.319 e. The van der Waals surface area contributed by atoms with E-state index in [0.717, 1.165) is 29.1 Å². The van der Waals surface area contributed by atoms with Crippen LogP contribution in [0.25, 0.3) is 0 Å². The molecule has 0 saturated heterocycles. The third kappa shape index (κ3) is 8.41. The van der Waals surface area contributed by atoms with E-state index in [-0.39, 0.29) is 12.1 Å². The maximum absolute atomic E-state index is 12.2. The highest BCUT2D eigenvalue weighted by atomic mass is 16.5. The number of ether oxygens (including phenoxy) is 2. The standard InChI is InChI=1S/C22H31N3O3/c1-17(2)28-16-19-8-5-9-20(13-19)24-22(26)23-15-18-7-6-10-21(14-18)27-12-11-25(3)4/h5-10,13-14,17H,11-12,15-16H2,1-4H3,(H2,23,24,26). The van der Waals surface area contributed by atoms with Crippen molar-refractivity contribution in [1.82, 2.24) is 10.2 Å². The van der Waals surface area contributed by atoms with Crippen molar-refractivity contribution in [1.29, 1.82) is 0 Å².